The highest BCUT2D eigenvalue weighted by Crippen LogP contribution is 2.38. The molecule has 0 aliphatic heterocycles. The average molecular weight is 398 g/mol. The molecule has 2 N–H and O–H groups in total. The molecule has 0 atom stereocenters. The highest BCUT2D eigenvalue weighted by molar-refractivity contribution is 7.80. The largest absolute Gasteiger partial charge is 0.497 e. The maximum Gasteiger partial charge on any atom is 0.422 e. The lowest BCUT2D eigenvalue weighted by atomic mass is 10.1. The van der Waals surface area contributed by atoms with Gasteiger partial charge in [-0.3, -0.25) is 0 Å². The monoisotopic (exact) mass is 398 g/mol. The lowest BCUT2D eigenvalue weighted by molar-refractivity contribution is -0.143. The van der Waals surface area contributed by atoms with Gasteiger partial charge in [0.15, 0.2) is 28.4 Å². The number of ether oxygens (including phenoxy) is 1. The smallest absolute Gasteiger partial charge is 0.422 e. The third-order valence-electron chi connectivity index (χ3n) is 3.11. The summed E-state index contributed by atoms with van der Waals surface area (Å²) in [6, 6.07) is 6.05. The van der Waals surface area contributed by atoms with E-state index in [9.17, 15) is 30.7 Å². The highest BCUT2D eigenvalue weighted by Gasteiger charge is 2.42. The van der Waals surface area contributed by atoms with Crippen molar-refractivity contribution in [2.75, 3.05) is 17.7 Å². The topological polar surface area (TPSA) is 33.3 Å². The maximum absolute atomic E-state index is 13.8. The van der Waals surface area contributed by atoms with Crippen LogP contribution in [0.25, 0.3) is 0 Å². The Morgan fingerprint density at radius 1 is 0.962 bits per heavy atom. The quantitative estimate of drug-likeness (QED) is 0.429. The van der Waals surface area contributed by atoms with Crippen LogP contribution < -0.4 is 15.4 Å². The minimum absolute atomic E-state index is 0.288. The highest BCUT2D eigenvalue weighted by atomic mass is 32.1. The summed E-state index contributed by atoms with van der Waals surface area (Å²) in [7, 11) is 1.38. The van der Waals surface area contributed by atoms with Gasteiger partial charge in [0.1, 0.15) is 17.0 Å². The molecule has 0 heterocycles. The predicted octanol–water partition coefficient (Wildman–Crippen LogP) is 5.08. The van der Waals surface area contributed by atoms with E-state index >= 15 is 0 Å². The number of rotatable bonds is 3. The zero-order chi connectivity index (χ0) is 19.6. The summed E-state index contributed by atoms with van der Waals surface area (Å²) in [5.41, 5.74) is -3.87. The molecule has 0 saturated heterocycles. The maximum atomic E-state index is 13.8. The van der Waals surface area contributed by atoms with Crippen LogP contribution in [0.5, 0.6) is 5.75 Å². The number of halogens is 7. The summed E-state index contributed by atoms with van der Waals surface area (Å²) in [4.78, 5) is 0. The van der Waals surface area contributed by atoms with Crippen molar-refractivity contribution >= 4 is 28.7 Å². The van der Waals surface area contributed by atoms with Crippen LogP contribution in [-0.2, 0) is 6.18 Å². The lowest BCUT2D eigenvalue weighted by Gasteiger charge is -2.16. The number of hydrogen-bond acceptors (Lipinski definition) is 2. The van der Waals surface area contributed by atoms with E-state index in [1.807, 2.05) is 0 Å². The Hall–Kier alpha value is -2.56. The van der Waals surface area contributed by atoms with E-state index in [4.69, 9.17) is 17.0 Å². The number of thiocarbonyl (C=S) groups is 1. The molecule has 140 valence electrons. The first-order chi connectivity index (χ1) is 12.1. The van der Waals surface area contributed by atoms with Crippen LogP contribution in [0.15, 0.2) is 24.3 Å². The van der Waals surface area contributed by atoms with E-state index in [0.29, 0.717) is 5.75 Å². The van der Waals surface area contributed by atoms with E-state index in [-0.39, 0.29) is 5.69 Å². The Balaban J connectivity index is 2.33. The van der Waals surface area contributed by atoms with Gasteiger partial charge in [-0.25, -0.2) is 17.6 Å². The van der Waals surface area contributed by atoms with Gasteiger partial charge in [0.25, 0.3) is 0 Å². The van der Waals surface area contributed by atoms with Crippen LogP contribution >= 0.6 is 12.2 Å². The fraction of sp³-hybridized carbons (Fsp3) is 0.133. The molecule has 3 nitrogen and oxygen atoms in total. The molecule has 0 spiro atoms. The van der Waals surface area contributed by atoms with Gasteiger partial charge in [-0.1, -0.05) is 6.07 Å². The molecular formula is C15H9F7N2OS. The first-order valence-corrected chi connectivity index (χ1v) is 7.12. The summed E-state index contributed by atoms with van der Waals surface area (Å²) >= 11 is 4.75. The second-order valence-electron chi connectivity index (χ2n) is 4.81. The molecule has 11 heteroatoms. The van der Waals surface area contributed by atoms with E-state index in [1.54, 1.807) is 17.4 Å². The van der Waals surface area contributed by atoms with Crippen molar-refractivity contribution in [2.45, 2.75) is 6.18 Å². The molecule has 2 aromatic rings. The molecule has 0 aliphatic carbocycles. The van der Waals surface area contributed by atoms with E-state index in [2.05, 4.69) is 5.32 Å². The summed E-state index contributed by atoms with van der Waals surface area (Å²) in [6.07, 6.45) is -5.62. The Kier molecular flexibility index (Phi) is 5.59. The first kappa shape index (κ1) is 19.8. The zero-order valence-electron chi connectivity index (χ0n) is 12.8. The first-order valence-electron chi connectivity index (χ1n) is 6.71. The molecule has 26 heavy (non-hydrogen) atoms. The fourth-order valence-corrected chi connectivity index (χ4v) is 2.19. The van der Waals surface area contributed by atoms with Crippen molar-refractivity contribution in [3.05, 3.63) is 53.1 Å². The third-order valence-corrected chi connectivity index (χ3v) is 3.32. The standard InChI is InChI=1S/C15H9F7N2OS/c1-25-7-4-2-3-6(5-7)23-14(26)24-13-11(18)9(16)8(15(20,21)22)10(17)12(13)19/h2-5H,1H3,(H2,23,24,26). The molecule has 0 unspecified atom stereocenters. The van der Waals surface area contributed by atoms with Gasteiger partial charge in [0.2, 0.25) is 0 Å². The molecular weight excluding hydrogens is 389 g/mol. The van der Waals surface area contributed by atoms with Crippen molar-refractivity contribution in [1.29, 1.82) is 0 Å². The molecule has 0 bridgehead atoms. The number of nitrogens with one attached hydrogen (secondary N) is 2. The van der Waals surface area contributed by atoms with Crippen LogP contribution in [-0.4, -0.2) is 12.2 Å². The van der Waals surface area contributed by atoms with Gasteiger partial charge in [0, 0.05) is 11.8 Å². The molecule has 0 saturated carbocycles. The van der Waals surface area contributed by atoms with Gasteiger partial charge in [-0.05, 0) is 24.4 Å². The fourth-order valence-electron chi connectivity index (χ4n) is 1.97. The Morgan fingerprint density at radius 3 is 2.04 bits per heavy atom. The SMILES string of the molecule is COc1cccc(NC(=S)Nc2c(F)c(F)c(C(F)(F)F)c(F)c2F)c1. The Bertz CT molecular complexity index is 826. The van der Waals surface area contributed by atoms with Crippen molar-refractivity contribution in [2.24, 2.45) is 0 Å². The minimum Gasteiger partial charge on any atom is -0.497 e. The molecule has 2 aromatic carbocycles. The normalized spacial score (nSPS) is 11.2. The number of hydrogen-bond donors (Lipinski definition) is 2. The summed E-state index contributed by atoms with van der Waals surface area (Å²) in [5.74, 6) is -9.27. The van der Waals surface area contributed by atoms with Crippen molar-refractivity contribution in [1.82, 2.24) is 0 Å². The molecule has 0 amide bonds. The van der Waals surface area contributed by atoms with Gasteiger partial charge in [-0.15, -0.1) is 0 Å². The molecule has 0 fully saturated rings. The van der Waals surface area contributed by atoms with Crippen LogP contribution in [0.1, 0.15) is 5.56 Å². The molecule has 0 aromatic heterocycles. The second-order valence-corrected chi connectivity index (χ2v) is 5.22. The Labute approximate surface area is 147 Å². The number of alkyl halides is 3. The van der Waals surface area contributed by atoms with Gasteiger partial charge in [0.05, 0.1) is 7.11 Å². The van der Waals surface area contributed by atoms with E-state index in [1.165, 1.54) is 19.2 Å². The van der Waals surface area contributed by atoms with Crippen LogP contribution in [0.2, 0.25) is 0 Å². The lowest BCUT2D eigenvalue weighted by Crippen LogP contribution is -2.23. The number of benzene rings is 2. The van der Waals surface area contributed by atoms with Crippen LogP contribution in [0, 0.1) is 23.3 Å². The van der Waals surface area contributed by atoms with Gasteiger partial charge < -0.3 is 15.4 Å². The van der Waals surface area contributed by atoms with Crippen LogP contribution in [0.3, 0.4) is 0 Å². The Morgan fingerprint density at radius 2 is 1.54 bits per heavy atom. The van der Waals surface area contributed by atoms with Crippen molar-refractivity contribution in [3.8, 4) is 5.75 Å². The minimum atomic E-state index is -5.62. The summed E-state index contributed by atoms with van der Waals surface area (Å²) < 4.78 is 97.3. The predicted molar refractivity (Wildman–Crippen MR) is 84.1 cm³/mol. The summed E-state index contributed by atoms with van der Waals surface area (Å²) in [6.45, 7) is 0. The summed E-state index contributed by atoms with van der Waals surface area (Å²) in [5, 5.41) is 3.73. The van der Waals surface area contributed by atoms with E-state index in [0.717, 1.165) is 0 Å². The van der Waals surface area contributed by atoms with Crippen molar-refractivity contribution in [3.63, 3.8) is 0 Å². The molecule has 0 radical (unpaired) electrons. The van der Waals surface area contributed by atoms with Gasteiger partial charge >= 0.3 is 6.18 Å². The second kappa shape index (κ2) is 7.36. The zero-order valence-corrected chi connectivity index (χ0v) is 13.6. The van der Waals surface area contributed by atoms with E-state index < -0.39 is 45.8 Å². The molecule has 2 rings (SSSR count). The number of anilines is 2. The molecule has 0 aliphatic rings. The van der Waals surface area contributed by atoms with Gasteiger partial charge in [-0.2, -0.15) is 13.2 Å². The number of methoxy groups -OCH3 is 1. The van der Waals surface area contributed by atoms with Crippen molar-refractivity contribution < 1.29 is 35.5 Å². The van der Waals surface area contributed by atoms with Crippen LogP contribution in [0.4, 0.5) is 42.1 Å². The third kappa shape index (κ3) is 3.98. The average Bonchev–Trinajstić information content (AvgIpc) is 2.56.